The number of nitrogens with one attached hydrogen (secondary N) is 1. The predicted octanol–water partition coefficient (Wildman–Crippen LogP) is 1.60. The highest BCUT2D eigenvalue weighted by Crippen LogP contribution is 2.11. The summed E-state index contributed by atoms with van der Waals surface area (Å²) in [6.07, 6.45) is 0.807. The topological polar surface area (TPSA) is 52.7 Å². The van der Waals surface area contributed by atoms with E-state index < -0.39 is 10.2 Å². The third-order valence-corrected chi connectivity index (χ3v) is 5.24. The molecular weight excluding hydrogens is 286 g/mol. The third-order valence-electron chi connectivity index (χ3n) is 3.35. The summed E-state index contributed by atoms with van der Waals surface area (Å²) in [6, 6.07) is 7.91. The van der Waals surface area contributed by atoms with Gasteiger partial charge >= 0.3 is 0 Å². The maximum absolute atomic E-state index is 12.4. The van der Waals surface area contributed by atoms with Gasteiger partial charge in [0.2, 0.25) is 0 Å². The Morgan fingerprint density at radius 3 is 2.52 bits per heavy atom. The van der Waals surface area contributed by atoms with Gasteiger partial charge in [-0.3, -0.25) is 0 Å². The summed E-state index contributed by atoms with van der Waals surface area (Å²) in [5.41, 5.74) is 2.14. The van der Waals surface area contributed by atoms with Crippen LogP contribution in [0.5, 0.6) is 0 Å². The fourth-order valence-corrected chi connectivity index (χ4v) is 3.25. The van der Waals surface area contributed by atoms with E-state index in [-0.39, 0.29) is 0 Å². The van der Waals surface area contributed by atoms with Crippen LogP contribution in [0.3, 0.4) is 0 Å². The number of hydrogen-bond donors (Lipinski definition) is 1. The smallest absolute Gasteiger partial charge is 0.281 e. The Morgan fingerprint density at radius 2 is 1.90 bits per heavy atom. The van der Waals surface area contributed by atoms with E-state index in [1.807, 2.05) is 38.1 Å². The number of aryl methyl sites for hydroxylation is 1. The lowest BCUT2D eigenvalue weighted by Crippen LogP contribution is -2.40. The molecule has 0 saturated carbocycles. The van der Waals surface area contributed by atoms with Gasteiger partial charge in [-0.25, -0.2) is 0 Å². The molecule has 21 heavy (non-hydrogen) atoms. The Labute approximate surface area is 129 Å². The quantitative estimate of drug-likeness (QED) is 0.705. The van der Waals surface area contributed by atoms with E-state index in [1.165, 1.54) is 8.61 Å². The Hall–Kier alpha value is -0.950. The molecule has 0 saturated heterocycles. The first-order valence-corrected chi connectivity index (χ1v) is 8.71. The Morgan fingerprint density at radius 1 is 1.19 bits per heavy atom. The minimum atomic E-state index is -3.40. The molecule has 1 rings (SSSR count). The first-order chi connectivity index (χ1) is 9.87. The molecule has 5 nitrogen and oxygen atoms in total. The van der Waals surface area contributed by atoms with E-state index in [4.69, 9.17) is 0 Å². The maximum Gasteiger partial charge on any atom is 0.281 e. The van der Waals surface area contributed by atoms with Gasteiger partial charge in [-0.15, -0.1) is 0 Å². The summed E-state index contributed by atoms with van der Waals surface area (Å²) < 4.78 is 27.6. The summed E-state index contributed by atoms with van der Waals surface area (Å²) >= 11 is 0. The van der Waals surface area contributed by atoms with Crippen molar-refractivity contribution in [3.05, 3.63) is 35.4 Å². The lowest BCUT2D eigenvalue weighted by molar-refractivity contribution is 0.384. The van der Waals surface area contributed by atoms with Crippen molar-refractivity contribution < 1.29 is 8.42 Å². The molecule has 0 atom stereocenters. The van der Waals surface area contributed by atoms with Crippen molar-refractivity contribution in [1.82, 2.24) is 13.9 Å². The van der Waals surface area contributed by atoms with E-state index in [2.05, 4.69) is 5.32 Å². The van der Waals surface area contributed by atoms with Crippen molar-refractivity contribution in [2.45, 2.75) is 26.8 Å². The molecule has 1 aromatic carbocycles. The SMILES string of the molecule is CCNCCCN(C)S(=O)(=O)N(C)Cc1cccc(C)c1. The molecular formula is C15H27N3O2S. The predicted molar refractivity (Wildman–Crippen MR) is 87.4 cm³/mol. The second-order valence-electron chi connectivity index (χ2n) is 5.28. The van der Waals surface area contributed by atoms with Crippen molar-refractivity contribution in [3.63, 3.8) is 0 Å². The van der Waals surface area contributed by atoms with Crippen LogP contribution >= 0.6 is 0 Å². The van der Waals surface area contributed by atoms with Crippen LogP contribution in [0.25, 0.3) is 0 Å². The molecule has 0 aliphatic rings. The summed E-state index contributed by atoms with van der Waals surface area (Å²) in [5, 5.41) is 3.20. The van der Waals surface area contributed by atoms with Gasteiger partial charge in [0.25, 0.3) is 10.2 Å². The molecule has 0 heterocycles. The highest BCUT2D eigenvalue weighted by Gasteiger charge is 2.23. The monoisotopic (exact) mass is 313 g/mol. The average molecular weight is 313 g/mol. The first-order valence-electron chi connectivity index (χ1n) is 7.31. The van der Waals surface area contributed by atoms with Crippen LogP contribution in [-0.4, -0.2) is 50.8 Å². The van der Waals surface area contributed by atoms with Gasteiger partial charge in [-0.1, -0.05) is 36.8 Å². The van der Waals surface area contributed by atoms with E-state index in [1.54, 1.807) is 14.1 Å². The molecule has 0 radical (unpaired) electrons. The highest BCUT2D eigenvalue weighted by atomic mass is 32.2. The molecule has 0 amide bonds. The van der Waals surface area contributed by atoms with Crippen LogP contribution in [0.15, 0.2) is 24.3 Å². The second kappa shape index (κ2) is 8.48. The molecule has 0 unspecified atom stereocenters. The van der Waals surface area contributed by atoms with Crippen molar-refractivity contribution in [2.24, 2.45) is 0 Å². The number of hydrogen-bond acceptors (Lipinski definition) is 3. The Balaban J connectivity index is 2.59. The van der Waals surface area contributed by atoms with Gasteiger partial charge < -0.3 is 5.32 Å². The molecule has 0 aliphatic heterocycles. The maximum atomic E-state index is 12.4. The minimum absolute atomic E-state index is 0.390. The summed E-state index contributed by atoms with van der Waals surface area (Å²) in [5.74, 6) is 0. The molecule has 1 N–H and O–H groups in total. The van der Waals surface area contributed by atoms with Crippen LogP contribution in [-0.2, 0) is 16.8 Å². The third kappa shape index (κ3) is 5.74. The summed E-state index contributed by atoms with van der Waals surface area (Å²) in [4.78, 5) is 0. The molecule has 0 fully saturated rings. The van der Waals surface area contributed by atoms with Crippen molar-refractivity contribution in [3.8, 4) is 0 Å². The van der Waals surface area contributed by atoms with E-state index in [9.17, 15) is 8.42 Å². The zero-order chi connectivity index (χ0) is 15.9. The molecule has 0 aromatic heterocycles. The zero-order valence-electron chi connectivity index (χ0n) is 13.5. The summed E-state index contributed by atoms with van der Waals surface area (Å²) in [6.45, 7) is 6.69. The van der Waals surface area contributed by atoms with Gasteiger partial charge in [0.1, 0.15) is 0 Å². The average Bonchev–Trinajstić information content (AvgIpc) is 2.43. The first kappa shape index (κ1) is 18.1. The Kier molecular flexibility index (Phi) is 7.31. The molecule has 120 valence electrons. The number of nitrogens with zero attached hydrogens (tertiary/aromatic N) is 2. The van der Waals surface area contributed by atoms with Crippen molar-refractivity contribution in [1.29, 1.82) is 0 Å². The molecule has 1 aromatic rings. The van der Waals surface area contributed by atoms with Crippen molar-refractivity contribution in [2.75, 3.05) is 33.7 Å². The molecule has 6 heteroatoms. The van der Waals surface area contributed by atoms with Crippen LogP contribution in [0, 0.1) is 6.92 Å². The van der Waals surface area contributed by atoms with Gasteiger partial charge in [0.15, 0.2) is 0 Å². The van der Waals surface area contributed by atoms with E-state index in [0.29, 0.717) is 13.1 Å². The van der Waals surface area contributed by atoms with E-state index in [0.717, 1.165) is 30.6 Å². The standard InChI is InChI=1S/C15H27N3O2S/c1-5-16-10-7-11-17(3)21(19,20)18(4)13-15-9-6-8-14(2)12-15/h6,8-9,12,16H,5,7,10-11,13H2,1-4H3. The molecule has 0 bridgehead atoms. The van der Waals surface area contributed by atoms with Crippen LogP contribution in [0.1, 0.15) is 24.5 Å². The number of rotatable bonds is 9. The minimum Gasteiger partial charge on any atom is -0.317 e. The normalized spacial score (nSPS) is 12.3. The van der Waals surface area contributed by atoms with Crippen molar-refractivity contribution >= 4 is 10.2 Å². The van der Waals surface area contributed by atoms with Crippen LogP contribution in [0.2, 0.25) is 0 Å². The molecule has 0 aliphatic carbocycles. The van der Waals surface area contributed by atoms with Gasteiger partial charge in [0, 0.05) is 27.2 Å². The van der Waals surface area contributed by atoms with Crippen LogP contribution < -0.4 is 5.32 Å². The summed E-state index contributed by atoms with van der Waals surface area (Å²) in [7, 11) is -0.142. The lowest BCUT2D eigenvalue weighted by Gasteiger charge is -2.24. The fourth-order valence-electron chi connectivity index (χ4n) is 2.11. The van der Waals surface area contributed by atoms with Gasteiger partial charge in [-0.05, 0) is 32.0 Å². The number of benzene rings is 1. The van der Waals surface area contributed by atoms with Gasteiger partial charge in [-0.2, -0.15) is 17.0 Å². The van der Waals surface area contributed by atoms with Crippen LogP contribution in [0.4, 0.5) is 0 Å². The zero-order valence-corrected chi connectivity index (χ0v) is 14.3. The van der Waals surface area contributed by atoms with E-state index >= 15 is 0 Å². The highest BCUT2D eigenvalue weighted by molar-refractivity contribution is 7.86. The largest absolute Gasteiger partial charge is 0.317 e. The van der Waals surface area contributed by atoms with Gasteiger partial charge in [0.05, 0.1) is 0 Å². The fraction of sp³-hybridized carbons (Fsp3) is 0.600. The second-order valence-corrected chi connectivity index (χ2v) is 7.42. The lowest BCUT2D eigenvalue weighted by atomic mass is 10.1. The molecule has 0 spiro atoms. The Bertz CT molecular complexity index is 531.